The van der Waals surface area contributed by atoms with Crippen molar-refractivity contribution in [3.8, 4) is 5.75 Å². The summed E-state index contributed by atoms with van der Waals surface area (Å²) in [6.45, 7) is 11.1. The number of benzene rings is 1. The summed E-state index contributed by atoms with van der Waals surface area (Å²) in [5.41, 5.74) is 2.09. The zero-order valence-corrected chi connectivity index (χ0v) is 13.6. The Morgan fingerprint density at radius 2 is 1.81 bits per heavy atom. The van der Waals surface area contributed by atoms with E-state index >= 15 is 0 Å². The number of esters is 1. The van der Waals surface area contributed by atoms with E-state index in [1.54, 1.807) is 19.9 Å². The van der Waals surface area contributed by atoms with Crippen molar-refractivity contribution in [2.75, 3.05) is 0 Å². The van der Waals surface area contributed by atoms with Crippen LogP contribution in [-0.4, -0.2) is 17.0 Å². The maximum atomic E-state index is 11.9. The molecule has 0 bridgehead atoms. The molecule has 0 heterocycles. The molecule has 0 unspecified atom stereocenters. The second-order valence-electron chi connectivity index (χ2n) is 6.49. The highest BCUT2D eigenvalue weighted by Crippen LogP contribution is 2.38. The highest BCUT2D eigenvalue weighted by Gasteiger charge is 2.30. The van der Waals surface area contributed by atoms with Crippen molar-refractivity contribution in [3.63, 3.8) is 0 Å². The maximum Gasteiger partial charge on any atom is 0.313 e. The van der Waals surface area contributed by atoms with E-state index in [1.165, 1.54) is 0 Å². The Labute approximate surface area is 126 Å². The lowest BCUT2D eigenvalue weighted by atomic mass is 9.78. The number of aliphatic carboxylic acids is 1. The van der Waals surface area contributed by atoms with Crippen LogP contribution in [0.15, 0.2) is 12.1 Å². The van der Waals surface area contributed by atoms with E-state index in [0.717, 1.165) is 16.7 Å². The average Bonchev–Trinajstić information content (AvgIpc) is 2.24. The van der Waals surface area contributed by atoms with Gasteiger partial charge in [-0.2, -0.15) is 0 Å². The average molecular weight is 292 g/mol. The van der Waals surface area contributed by atoms with Crippen LogP contribution in [0.2, 0.25) is 0 Å². The third-order valence-electron chi connectivity index (χ3n) is 3.40. The van der Waals surface area contributed by atoms with Gasteiger partial charge in [0.25, 0.3) is 0 Å². The van der Waals surface area contributed by atoms with Crippen molar-refractivity contribution in [1.82, 2.24) is 0 Å². The smallest absolute Gasteiger partial charge is 0.313 e. The Morgan fingerprint density at radius 1 is 1.24 bits per heavy atom. The molecule has 0 saturated carbocycles. The molecule has 1 N–H and O–H groups in total. The van der Waals surface area contributed by atoms with Crippen molar-refractivity contribution in [1.29, 1.82) is 0 Å². The normalized spacial score (nSPS) is 11.6. The van der Waals surface area contributed by atoms with Crippen LogP contribution in [0, 0.1) is 19.8 Å². The van der Waals surface area contributed by atoms with Crippen LogP contribution in [0.4, 0.5) is 0 Å². The standard InChI is InChI=1S/C17H24O4/c1-10(2)16(20)21-13-8-11(3)7-12(4)15(13)17(5,6)9-14(18)19/h7-8,10H,9H2,1-6H3,(H,18,19). The van der Waals surface area contributed by atoms with E-state index in [9.17, 15) is 9.59 Å². The molecule has 0 aliphatic carbocycles. The number of aryl methyl sites for hydroxylation is 2. The molecule has 0 fully saturated rings. The number of hydrogen-bond acceptors (Lipinski definition) is 3. The van der Waals surface area contributed by atoms with Gasteiger partial charge in [-0.15, -0.1) is 0 Å². The van der Waals surface area contributed by atoms with Gasteiger partial charge in [-0.25, -0.2) is 0 Å². The minimum absolute atomic E-state index is 0.0247. The van der Waals surface area contributed by atoms with E-state index in [0.29, 0.717) is 5.75 Å². The van der Waals surface area contributed by atoms with Gasteiger partial charge < -0.3 is 9.84 Å². The minimum Gasteiger partial charge on any atom is -0.481 e. The molecular weight excluding hydrogens is 268 g/mol. The summed E-state index contributed by atoms with van der Waals surface area (Å²) in [5.74, 6) is -0.952. The number of carboxylic acids is 1. The predicted molar refractivity (Wildman–Crippen MR) is 81.7 cm³/mol. The van der Waals surface area contributed by atoms with Gasteiger partial charge in [0.05, 0.1) is 12.3 Å². The second kappa shape index (κ2) is 6.29. The lowest BCUT2D eigenvalue weighted by Gasteiger charge is -2.28. The van der Waals surface area contributed by atoms with Crippen molar-refractivity contribution in [3.05, 3.63) is 28.8 Å². The minimum atomic E-state index is -0.874. The number of rotatable bonds is 5. The lowest BCUT2D eigenvalue weighted by Crippen LogP contribution is -2.25. The van der Waals surface area contributed by atoms with Crippen LogP contribution < -0.4 is 4.74 Å². The molecule has 0 aromatic heterocycles. The molecule has 0 aliphatic rings. The van der Waals surface area contributed by atoms with Gasteiger partial charge >= 0.3 is 11.9 Å². The summed E-state index contributed by atoms with van der Waals surface area (Å²) in [5, 5.41) is 9.11. The molecule has 1 aromatic rings. The van der Waals surface area contributed by atoms with Gasteiger partial charge in [0.1, 0.15) is 5.75 Å². The number of hydrogen-bond donors (Lipinski definition) is 1. The van der Waals surface area contributed by atoms with Gasteiger partial charge in [-0.05, 0) is 31.0 Å². The highest BCUT2D eigenvalue weighted by molar-refractivity contribution is 5.75. The van der Waals surface area contributed by atoms with Crippen molar-refractivity contribution < 1.29 is 19.4 Å². The largest absolute Gasteiger partial charge is 0.481 e. The fraction of sp³-hybridized carbons (Fsp3) is 0.529. The van der Waals surface area contributed by atoms with Gasteiger partial charge in [0.2, 0.25) is 0 Å². The molecule has 0 spiro atoms. The Hall–Kier alpha value is -1.84. The monoisotopic (exact) mass is 292 g/mol. The molecule has 1 rings (SSSR count). The first-order chi connectivity index (χ1) is 9.54. The number of carboxylic acid groups (broad SMARTS) is 1. The van der Waals surface area contributed by atoms with Crippen LogP contribution in [0.25, 0.3) is 0 Å². The first-order valence-electron chi connectivity index (χ1n) is 7.10. The third-order valence-corrected chi connectivity index (χ3v) is 3.40. The molecule has 21 heavy (non-hydrogen) atoms. The van der Waals surface area contributed by atoms with Crippen molar-refractivity contribution in [2.24, 2.45) is 5.92 Å². The lowest BCUT2D eigenvalue weighted by molar-refractivity contribution is -0.138. The number of ether oxygens (including phenoxy) is 1. The van der Waals surface area contributed by atoms with Crippen LogP contribution >= 0.6 is 0 Å². The molecule has 0 atom stereocenters. The molecular formula is C17H24O4. The van der Waals surface area contributed by atoms with E-state index in [-0.39, 0.29) is 18.3 Å². The zero-order valence-electron chi connectivity index (χ0n) is 13.6. The van der Waals surface area contributed by atoms with Gasteiger partial charge in [-0.1, -0.05) is 33.8 Å². The summed E-state index contributed by atoms with van der Waals surface area (Å²) in [4.78, 5) is 23.0. The molecule has 0 aliphatic heterocycles. The summed E-state index contributed by atoms with van der Waals surface area (Å²) in [7, 11) is 0. The summed E-state index contributed by atoms with van der Waals surface area (Å²) in [6, 6.07) is 3.78. The Balaban J connectivity index is 3.35. The van der Waals surface area contributed by atoms with E-state index in [1.807, 2.05) is 33.8 Å². The van der Waals surface area contributed by atoms with Crippen LogP contribution in [0.3, 0.4) is 0 Å². The fourth-order valence-corrected chi connectivity index (χ4v) is 2.57. The van der Waals surface area contributed by atoms with E-state index in [4.69, 9.17) is 9.84 Å². The molecule has 1 aromatic carbocycles. The van der Waals surface area contributed by atoms with E-state index in [2.05, 4.69) is 0 Å². The highest BCUT2D eigenvalue weighted by atomic mass is 16.5. The van der Waals surface area contributed by atoms with Crippen LogP contribution in [0.1, 0.15) is 50.8 Å². The van der Waals surface area contributed by atoms with Crippen LogP contribution in [-0.2, 0) is 15.0 Å². The second-order valence-corrected chi connectivity index (χ2v) is 6.49. The molecule has 116 valence electrons. The summed E-state index contributed by atoms with van der Waals surface area (Å²) >= 11 is 0. The molecule has 0 radical (unpaired) electrons. The topological polar surface area (TPSA) is 63.6 Å². The predicted octanol–water partition coefficient (Wildman–Crippen LogP) is 3.62. The maximum absolute atomic E-state index is 11.9. The number of carbonyl (C=O) groups is 2. The first-order valence-corrected chi connectivity index (χ1v) is 7.10. The Kier molecular flexibility index (Phi) is 5.15. The number of carbonyl (C=O) groups excluding carboxylic acids is 1. The molecule has 0 amide bonds. The Bertz CT molecular complexity index is 556. The van der Waals surface area contributed by atoms with Gasteiger partial charge in [-0.3, -0.25) is 9.59 Å². The SMILES string of the molecule is Cc1cc(C)c(C(C)(C)CC(=O)O)c(OC(=O)C(C)C)c1. The molecule has 4 nitrogen and oxygen atoms in total. The van der Waals surface area contributed by atoms with Crippen molar-refractivity contribution >= 4 is 11.9 Å². The summed E-state index contributed by atoms with van der Waals surface area (Å²) in [6.07, 6.45) is -0.0247. The quantitative estimate of drug-likeness (QED) is 0.665. The van der Waals surface area contributed by atoms with Crippen molar-refractivity contribution in [2.45, 2.75) is 53.4 Å². The first kappa shape index (κ1) is 17.2. The summed E-state index contributed by atoms with van der Waals surface area (Å²) < 4.78 is 5.50. The van der Waals surface area contributed by atoms with Crippen LogP contribution in [0.5, 0.6) is 5.75 Å². The van der Waals surface area contributed by atoms with Gasteiger partial charge in [0, 0.05) is 11.0 Å². The molecule has 4 heteroatoms. The zero-order chi connectivity index (χ0) is 16.4. The van der Waals surface area contributed by atoms with E-state index < -0.39 is 11.4 Å². The third kappa shape index (κ3) is 4.31. The van der Waals surface area contributed by atoms with Gasteiger partial charge in [0.15, 0.2) is 0 Å². The Morgan fingerprint density at radius 3 is 2.29 bits per heavy atom. The fourth-order valence-electron chi connectivity index (χ4n) is 2.57. The molecule has 0 saturated heterocycles.